The molecule has 0 fully saturated rings. The van der Waals surface area contributed by atoms with Crippen LogP contribution in [0.2, 0.25) is 0 Å². The third-order valence-corrected chi connectivity index (χ3v) is 6.25. The van der Waals surface area contributed by atoms with Gasteiger partial charge in [0.15, 0.2) is 0 Å². The zero-order chi connectivity index (χ0) is 23.5. The first-order valence-electron chi connectivity index (χ1n) is 10.7. The minimum absolute atomic E-state index is 0.171. The number of nitrogens with zero attached hydrogens (tertiary/aromatic N) is 2. The van der Waals surface area contributed by atoms with E-state index in [2.05, 4.69) is 11.4 Å². The Hall–Kier alpha value is -3.58. The number of anilines is 2. The van der Waals surface area contributed by atoms with Crippen LogP contribution in [0.5, 0.6) is 5.75 Å². The maximum Gasteiger partial charge on any atom is 0.278 e. The monoisotopic (exact) mass is 461 g/mol. The molecule has 170 valence electrons. The van der Waals surface area contributed by atoms with Gasteiger partial charge in [-0.15, -0.1) is 11.3 Å². The van der Waals surface area contributed by atoms with Crippen molar-refractivity contribution in [3.8, 4) is 5.75 Å². The maximum absolute atomic E-state index is 13.3. The van der Waals surface area contributed by atoms with Crippen molar-refractivity contribution >= 4 is 40.1 Å². The van der Waals surface area contributed by atoms with E-state index in [0.29, 0.717) is 11.3 Å². The number of imide groups is 1. The van der Waals surface area contributed by atoms with Gasteiger partial charge in [-0.05, 0) is 72.8 Å². The third kappa shape index (κ3) is 4.93. The first-order valence-corrected chi connectivity index (χ1v) is 11.6. The summed E-state index contributed by atoms with van der Waals surface area (Å²) in [4.78, 5) is 30.6. The van der Waals surface area contributed by atoms with Crippen molar-refractivity contribution in [1.82, 2.24) is 4.90 Å². The van der Waals surface area contributed by atoms with Crippen LogP contribution in [0.25, 0.3) is 5.57 Å². The number of ether oxygens (including phenoxy) is 1. The van der Waals surface area contributed by atoms with Crippen LogP contribution >= 0.6 is 11.3 Å². The van der Waals surface area contributed by atoms with E-state index < -0.39 is 0 Å². The minimum Gasteiger partial charge on any atom is -0.492 e. The van der Waals surface area contributed by atoms with Gasteiger partial charge in [0.2, 0.25) is 0 Å². The molecule has 0 saturated heterocycles. The summed E-state index contributed by atoms with van der Waals surface area (Å²) in [6.45, 7) is 4.41. The molecular formula is C26H27N3O3S. The fourth-order valence-electron chi connectivity index (χ4n) is 3.80. The Morgan fingerprint density at radius 2 is 1.67 bits per heavy atom. The summed E-state index contributed by atoms with van der Waals surface area (Å²) in [5.41, 5.74) is 4.70. The molecule has 0 bridgehead atoms. The fourth-order valence-corrected chi connectivity index (χ4v) is 4.57. The number of hydrogen-bond acceptors (Lipinski definition) is 6. The number of carbonyl (C=O) groups is 2. The van der Waals surface area contributed by atoms with Crippen molar-refractivity contribution in [2.24, 2.45) is 0 Å². The lowest BCUT2D eigenvalue weighted by atomic mass is 10.1. The Bertz CT molecular complexity index is 1180. The molecule has 33 heavy (non-hydrogen) atoms. The van der Waals surface area contributed by atoms with E-state index in [1.54, 1.807) is 0 Å². The highest BCUT2D eigenvalue weighted by molar-refractivity contribution is 7.11. The molecule has 0 aliphatic carbocycles. The molecule has 0 spiro atoms. The van der Waals surface area contributed by atoms with Crippen LogP contribution < -0.4 is 15.0 Å². The van der Waals surface area contributed by atoms with E-state index in [1.807, 2.05) is 86.8 Å². The molecule has 1 aromatic heterocycles. The normalized spacial score (nSPS) is 13.6. The molecule has 0 atom stereocenters. The van der Waals surface area contributed by atoms with Crippen LogP contribution in [-0.4, -0.2) is 44.0 Å². The van der Waals surface area contributed by atoms with E-state index in [-0.39, 0.29) is 25.0 Å². The highest BCUT2D eigenvalue weighted by atomic mass is 32.1. The quantitative estimate of drug-likeness (QED) is 0.493. The van der Waals surface area contributed by atoms with Gasteiger partial charge in [0, 0.05) is 30.3 Å². The molecule has 2 aromatic carbocycles. The lowest BCUT2D eigenvalue weighted by Crippen LogP contribution is -2.36. The summed E-state index contributed by atoms with van der Waals surface area (Å²) in [5, 5.41) is 5.09. The first-order chi connectivity index (χ1) is 15.8. The van der Waals surface area contributed by atoms with Crippen LogP contribution in [0.1, 0.15) is 16.0 Å². The maximum atomic E-state index is 13.3. The molecule has 2 amide bonds. The first kappa shape index (κ1) is 22.6. The summed E-state index contributed by atoms with van der Waals surface area (Å²) < 4.78 is 5.85. The number of amides is 2. The molecule has 0 saturated carbocycles. The Labute approximate surface area is 198 Å². The van der Waals surface area contributed by atoms with Crippen LogP contribution in [0.3, 0.4) is 0 Å². The summed E-state index contributed by atoms with van der Waals surface area (Å²) in [7, 11) is 3.94. The highest BCUT2D eigenvalue weighted by Gasteiger charge is 2.39. The van der Waals surface area contributed by atoms with Crippen molar-refractivity contribution in [1.29, 1.82) is 0 Å². The molecule has 1 aliphatic heterocycles. The second-order valence-electron chi connectivity index (χ2n) is 8.23. The van der Waals surface area contributed by atoms with Gasteiger partial charge < -0.3 is 15.0 Å². The van der Waals surface area contributed by atoms with Crippen molar-refractivity contribution in [3.05, 3.63) is 81.7 Å². The molecule has 2 heterocycles. The van der Waals surface area contributed by atoms with Gasteiger partial charge in [0.25, 0.3) is 11.8 Å². The van der Waals surface area contributed by atoms with E-state index in [1.165, 1.54) is 16.2 Å². The van der Waals surface area contributed by atoms with Crippen LogP contribution in [0, 0.1) is 13.8 Å². The van der Waals surface area contributed by atoms with Gasteiger partial charge in [0.05, 0.1) is 12.1 Å². The van der Waals surface area contributed by atoms with E-state index in [4.69, 9.17) is 4.74 Å². The van der Waals surface area contributed by atoms with Crippen LogP contribution in [0.15, 0.2) is 65.7 Å². The Morgan fingerprint density at radius 1 is 0.970 bits per heavy atom. The smallest absolute Gasteiger partial charge is 0.278 e. The molecule has 6 nitrogen and oxygen atoms in total. The van der Waals surface area contributed by atoms with E-state index in [9.17, 15) is 9.59 Å². The number of aryl methyl sites for hydroxylation is 2. The summed E-state index contributed by atoms with van der Waals surface area (Å²) >= 11 is 1.44. The molecule has 4 rings (SSSR count). The van der Waals surface area contributed by atoms with Crippen molar-refractivity contribution < 1.29 is 14.3 Å². The fraction of sp³-hybridized carbons (Fsp3) is 0.231. The predicted octanol–water partition coefficient (Wildman–Crippen LogP) is 4.70. The van der Waals surface area contributed by atoms with Crippen molar-refractivity contribution in [2.45, 2.75) is 13.8 Å². The Kier molecular flexibility index (Phi) is 6.51. The summed E-state index contributed by atoms with van der Waals surface area (Å²) in [6.07, 6.45) is 0. The van der Waals surface area contributed by atoms with E-state index in [0.717, 1.165) is 33.1 Å². The van der Waals surface area contributed by atoms with Gasteiger partial charge in [-0.2, -0.15) is 0 Å². The van der Waals surface area contributed by atoms with Gasteiger partial charge >= 0.3 is 0 Å². The number of benzene rings is 2. The lowest BCUT2D eigenvalue weighted by Gasteiger charge is -2.16. The van der Waals surface area contributed by atoms with Gasteiger partial charge in [-0.25, -0.2) is 0 Å². The largest absolute Gasteiger partial charge is 0.492 e. The molecule has 1 N–H and O–H groups in total. The number of nitrogens with one attached hydrogen (secondary N) is 1. The topological polar surface area (TPSA) is 61.9 Å². The molecule has 0 unspecified atom stereocenters. The number of hydrogen-bond donors (Lipinski definition) is 1. The summed E-state index contributed by atoms with van der Waals surface area (Å²) in [5.74, 6) is 0.0837. The second-order valence-corrected chi connectivity index (χ2v) is 9.18. The average Bonchev–Trinajstić information content (AvgIpc) is 3.36. The molecule has 7 heteroatoms. The van der Waals surface area contributed by atoms with Crippen LogP contribution in [-0.2, 0) is 9.59 Å². The molecule has 3 aromatic rings. The number of carbonyl (C=O) groups excluding carboxylic acids is 2. The standard InChI is InChI=1S/C26H27N3O3S/c1-17-14-18(2)16-21(15-17)32-12-11-29-25(30)23(22-6-5-13-33-22)24(26(29)31)27-19-7-9-20(10-8-19)28(3)4/h5-10,13-16,27H,11-12H2,1-4H3. The second kappa shape index (κ2) is 9.50. The minimum atomic E-state index is -0.343. The average molecular weight is 462 g/mol. The zero-order valence-corrected chi connectivity index (χ0v) is 20.0. The van der Waals surface area contributed by atoms with E-state index >= 15 is 0 Å². The third-order valence-electron chi connectivity index (χ3n) is 5.37. The number of thiophene rings is 1. The molecule has 0 radical (unpaired) electrons. The zero-order valence-electron chi connectivity index (χ0n) is 19.2. The Balaban J connectivity index is 1.53. The number of rotatable bonds is 8. The van der Waals surface area contributed by atoms with Gasteiger partial charge in [-0.3, -0.25) is 14.5 Å². The van der Waals surface area contributed by atoms with Crippen molar-refractivity contribution in [3.63, 3.8) is 0 Å². The summed E-state index contributed by atoms with van der Waals surface area (Å²) in [6, 6.07) is 17.4. The molecule has 1 aliphatic rings. The van der Waals surface area contributed by atoms with Gasteiger partial charge in [0.1, 0.15) is 18.1 Å². The SMILES string of the molecule is Cc1cc(C)cc(OCCN2C(=O)C(Nc3ccc(N(C)C)cc3)=C(c3cccs3)C2=O)c1. The van der Waals surface area contributed by atoms with Crippen LogP contribution in [0.4, 0.5) is 11.4 Å². The van der Waals surface area contributed by atoms with Gasteiger partial charge in [-0.1, -0.05) is 12.1 Å². The Morgan fingerprint density at radius 3 is 2.27 bits per heavy atom. The highest BCUT2D eigenvalue weighted by Crippen LogP contribution is 2.33. The molecular weight excluding hydrogens is 434 g/mol. The van der Waals surface area contributed by atoms with Crippen molar-refractivity contribution in [2.75, 3.05) is 37.5 Å². The lowest BCUT2D eigenvalue weighted by molar-refractivity contribution is -0.137. The predicted molar refractivity (Wildman–Crippen MR) is 134 cm³/mol.